The van der Waals surface area contributed by atoms with Gasteiger partial charge < -0.3 is 0 Å². The number of nitrogens with zero attached hydrogens (tertiary/aromatic N) is 3. The van der Waals surface area contributed by atoms with E-state index in [4.69, 9.17) is 15.0 Å². The van der Waals surface area contributed by atoms with Crippen molar-refractivity contribution >= 4 is 40.0 Å². The summed E-state index contributed by atoms with van der Waals surface area (Å²) in [5.41, 5.74) is 10.1. The van der Waals surface area contributed by atoms with Crippen molar-refractivity contribution in [1.82, 2.24) is 15.0 Å². The molecule has 3 nitrogen and oxygen atoms in total. The lowest BCUT2D eigenvalue weighted by Gasteiger charge is -2.19. The molecule has 0 aliphatic carbocycles. The van der Waals surface area contributed by atoms with Gasteiger partial charge in [0.1, 0.15) is 8.07 Å². The summed E-state index contributed by atoms with van der Waals surface area (Å²) >= 11 is 0. The van der Waals surface area contributed by atoms with Crippen molar-refractivity contribution in [2.75, 3.05) is 0 Å². The van der Waals surface area contributed by atoms with E-state index in [0.29, 0.717) is 17.5 Å². The number of hydrogen-bond acceptors (Lipinski definition) is 3. The monoisotopic (exact) mass is 693 g/mol. The standard InChI is InChI=1S/C49H35N3Si/c1-53(2)44-25-13-24-42(46(44)43-30-36-17-6-7-18-37(36)31-45(43)53)49-51-47(50-48(52-49)41-22-11-10-21-40(41)32-14-4-3-5-15-32)35-28-26-34(27-29-35)39-23-12-19-33-16-8-9-20-38(33)39/h3-31H,1-2H3. The smallest absolute Gasteiger partial charge is 0.164 e. The highest BCUT2D eigenvalue weighted by Crippen LogP contribution is 2.39. The van der Waals surface area contributed by atoms with E-state index in [-0.39, 0.29) is 0 Å². The number of fused-ring (bicyclic) bond motifs is 5. The Morgan fingerprint density at radius 2 is 0.868 bits per heavy atom. The van der Waals surface area contributed by atoms with Crippen LogP contribution in [0.3, 0.4) is 0 Å². The van der Waals surface area contributed by atoms with E-state index in [0.717, 1.165) is 33.4 Å². The Morgan fingerprint density at radius 3 is 1.66 bits per heavy atom. The highest BCUT2D eigenvalue weighted by atomic mass is 28.3. The molecule has 0 atom stereocenters. The maximum absolute atomic E-state index is 5.34. The number of rotatable bonds is 5. The van der Waals surface area contributed by atoms with Gasteiger partial charge in [-0.3, -0.25) is 0 Å². The molecular weight excluding hydrogens is 659 g/mol. The third kappa shape index (κ3) is 5.22. The van der Waals surface area contributed by atoms with Crippen molar-refractivity contribution in [3.05, 3.63) is 176 Å². The zero-order chi connectivity index (χ0) is 35.5. The summed E-state index contributed by atoms with van der Waals surface area (Å²) in [5.74, 6) is 2.00. The fourth-order valence-corrected chi connectivity index (χ4v) is 11.3. The molecule has 1 aliphatic rings. The van der Waals surface area contributed by atoms with Crippen LogP contribution in [0, 0.1) is 0 Å². The average molecular weight is 694 g/mol. The molecule has 0 saturated heterocycles. The topological polar surface area (TPSA) is 38.7 Å². The van der Waals surface area contributed by atoms with Gasteiger partial charge in [0.05, 0.1) is 0 Å². The molecule has 10 rings (SSSR count). The maximum Gasteiger partial charge on any atom is 0.164 e. The molecule has 0 spiro atoms. The molecule has 250 valence electrons. The second kappa shape index (κ2) is 12.3. The Morgan fingerprint density at radius 1 is 0.340 bits per heavy atom. The molecule has 0 radical (unpaired) electrons. The third-order valence-electron chi connectivity index (χ3n) is 10.9. The van der Waals surface area contributed by atoms with Gasteiger partial charge in [0, 0.05) is 16.7 Å². The molecule has 0 unspecified atom stereocenters. The van der Waals surface area contributed by atoms with Crippen LogP contribution >= 0.6 is 0 Å². The Bertz CT molecular complexity index is 2850. The normalized spacial score (nSPS) is 12.9. The molecule has 9 aromatic rings. The van der Waals surface area contributed by atoms with Crippen LogP contribution in [0.2, 0.25) is 13.1 Å². The van der Waals surface area contributed by atoms with E-state index in [9.17, 15) is 0 Å². The molecule has 0 amide bonds. The molecule has 1 aliphatic heterocycles. The maximum atomic E-state index is 5.34. The van der Waals surface area contributed by atoms with Gasteiger partial charge in [-0.05, 0) is 71.4 Å². The summed E-state index contributed by atoms with van der Waals surface area (Å²) in [6.45, 7) is 4.93. The average Bonchev–Trinajstić information content (AvgIpc) is 3.45. The molecular formula is C49H35N3Si. The molecule has 1 aromatic heterocycles. The van der Waals surface area contributed by atoms with Gasteiger partial charge in [-0.15, -0.1) is 0 Å². The zero-order valence-electron chi connectivity index (χ0n) is 29.6. The first-order valence-corrected chi connectivity index (χ1v) is 21.2. The minimum absolute atomic E-state index is 0.656. The number of aromatic nitrogens is 3. The van der Waals surface area contributed by atoms with Crippen molar-refractivity contribution in [3.8, 4) is 67.5 Å². The second-order valence-corrected chi connectivity index (χ2v) is 18.7. The van der Waals surface area contributed by atoms with Crippen LogP contribution in [0.1, 0.15) is 0 Å². The van der Waals surface area contributed by atoms with Crippen LogP contribution in [-0.4, -0.2) is 23.0 Å². The van der Waals surface area contributed by atoms with Crippen LogP contribution in [0.4, 0.5) is 0 Å². The lowest BCUT2D eigenvalue weighted by molar-refractivity contribution is 1.08. The number of hydrogen-bond donors (Lipinski definition) is 0. The Hall–Kier alpha value is -6.49. The van der Waals surface area contributed by atoms with Crippen molar-refractivity contribution < 1.29 is 0 Å². The van der Waals surface area contributed by atoms with Gasteiger partial charge in [-0.25, -0.2) is 15.0 Å². The first-order valence-electron chi connectivity index (χ1n) is 18.2. The van der Waals surface area contributed by atoms with E-state index in [1.807, 2.05) is 0 Å². The number of benzene rings is 8. The van der Waals surface area contributed by atoms with Gasteiger partial charge >= 0.3 is 0 Å². The summed E-state index contributed by atoms with van der Waals surface area (Å²) in [7, 11) is -2.00. The lowest BCUT2D eigenvalue weighted by atomic mass is 9.96. The molecule has 2 heterocycles. The SMILES string of the molecule is C[Si]1(C)c2cc3ccccc3cc2-c2c(-c3nc(-c4ccc(-c5cccc6ccccc56)cc4)nc(-c4ccccc4-c4ccccc4)n3)cccc21. The summed E-state index contributed by atoms with van der Waals surface area (Å²) in [4.78, 5) is 15.9. The molecule has 4 heteroatoms. The molecule has 53 heavy (non-hydrogen) atoms. The fraction of sp³-hybridized carbons (Fsp3) is 0.0408. The van der Waals surface area contributed by atoms with Gasteiger partial charge in [-0.2, -0.15) is 0 Å². The van der Waals surface area contributed by atoms with Crippen molar-refractivity contribution in [1.29, 1.82) is 0 Å². The van der Waals surface area contributed by atoms with Gasteiger partial charge in [-0.1, -0.05) is 183 Å². The molecule has 8 aromatic carbocycles. The summed E-state index contributed by atoms with van der Waals surface area (Å²) in [6.07, 6.45) is 0. The van der Waals surface area contributed by atoms with Crippen molar-refractivity contribution in [3.63, 3.8) is 0 Å². The predicted molar refractivity (Wildman–Crippen MR) is 224 cm³/mol. The van der Waals surface area contributed by atoms with Crippen LogP contribution in [0.15, 0.2) is 176 Å². The Labute approximate surface area is 310 Å². The molecule has 0 bridgehead atoms. The van der Waals surface area contributed by atoms with Crippen LogP contribution in [0.5, 0.6) is 0 Å². The van der Waals surface area contributed by atoms with Crippen molar-refractivity contribution in [2.24, 2.45) is 0 Å². The summed E-state index contributed by atoms with van der Waals surface area (Å²) in [6, 6.07) is 62.9. The minimum Gasteiger partial charge on any atom is -0.208 e. The van der Waals surface area contributed by atoms with Crippen molar-refractivity contribution in [2.45, 2.75) is 13.1 Å². The van der Waals surface area contributed by atoms with E-state index in [2.05, 4.69) is 189 Å². The summed E-state index contributed by atoms with van der Waals surface area (Å²) < 4.78 is 0. The lowest BCUT2D eigenvalue weighted by Crippen LogP contribution is -2.49. The summed E-state index contributed by atoms with van der Waals surface area (Å²) in [5, 5.41) is 7.89. The van der Waals surface area contributed by atoms with E-state index < -0.39 is 8.07 Å². The Kier molecular flexibility index (Phi) is 7.27. The quantitative estimate of drug-likeness (QED) is 0.168. The largest absolute Gasteiger partial charge is 0.208 e. The van der Waals surface area contributed by atoms with Crippen LogP contribution in [-0.2, 0) is 0 Å². The zero-order valence-corrected chi connectivity index (χ0v) is 30.6. The highest BCUT2D eigenvalue weighted by Gasteiger charge is 2.39. The van der Waals surface area contributed by atoms with Crippen LogP contribution < -0.4 is 10.4 Å². The molecule has 0 fully saturated rings. The third-order valence-corrected chi connectivity index (χ3v) is 14.5. The van der Waals surface area contributed by atoms with Gasteiger partial charge in [0.15, 0.2) is 17.5 Å². The highest BCUT2D eigenvalue weighted by molar-refractivity contribution is 7.04. The minimum atomic E-state index is -2.00. The van der Waals surface area contributed by atoms with E-state index in [1.165, 1.54) is 48.6 Å². The first kappa shape index (κ1) is 31.3. The first-order chi connectivity index (χ1) is 26.0. The predicted octanol–water partition coefficient (Wildman–Crippen LogP) is 11.3. The van der Waals surface area contributed by atoms with Crippen LogP contribution in [0.25, 0.3) is 89.1 Å². The van der Waals surface area contributed by atoms with E-state index >= 15 is 0 Å². The van der Waals surface area contributed by atoms with Gasteiger partial charge in [0.2, 0.25) is 0 Å². The molecule has 0 N–H and O–H groups in total. The van der Waals surface area contributed by atoms with E-state index in [1.54, 1.807) is 0 Å². The Balaban J connectivity index is 1.18. The van der Waals surface area contributed by atoms with Gasteiger partial charge in [0.25, 0.3) is 0 Å². The molecule has 0 saturated carbocycles. The fourth-order valence-electron chi connectivity index (χ4n) is 8.23. The second-order valence-electron chi connectivity index (χ2n) is 14.4.